The molecule has 2 atom stereocenters. The monoisotopic (exact) mass is 487 g/mol. The van der Waals surface area contributed by atoms with Gasteiger partial charge in [0.05, 0.1) is 6.61 Å². The third-order valence-electron chi connectivity index (χ3n) is 5.11. The summed E-state index contributed by atoms with van der Waals surface area (Å²) in [5.74, 6) is 1.62. The minimum atomic E-state index is -1.29. The zero-order valence-corrected chi connectivity index (χ0v) is 21.9. The molecule has 1 rings (SSSR count). The average molecular weight is 488 g/mol. The van der Waals surface area contributed by atoms with Crippen molar-refractivity contribution < 1.29 is 24.2 Å². The van der Waals surface area contributed by atoms with Crippen molar-refractivity contribution in [1.29, 1.82) is 0 Å². The maximum absolute atomic E-state index is 13.7. The summed E-state index contributed by atoms with van der Waals surface area (Å²) in [4.78, 5) is 40.9. The quantitative estimate of drug-likeness (QED) is 0.309. The second kappa shape index (κ2) is 14.4. The molecule has 1 aromatic carbocycles. The van der Waals surface area contributed by atoms with E-state index in [2.05, 4.69) is 23.5 Å². The van der Waals surface area contributed by atoms with E-state index in [1.165, 1.54) is 4.90 Å². The third-order valence-corrected chi connectivity index (χ3v) is 5.11. The molecule has 3 amide bonds. The lowest BCUT2D eigenvalue weighted by molar-refractivity contribution is -0.143. The Kier molecular flexibility index (Phi) is 12.3. The van der Waals surface area contributed by atoms with Gasteiger partial charge in [0.15, 0.2) is 0 Å². The summed E-state index contributed by atoms with van der Waals surface area (Å²) in [7, 11) is 0. The number of nitrogens with zero attached hydrogens (tertiary/aromatic N) is 1. The van der Waals surface area contributed by atoms with Crippen molar-refractivity contribution in [3.63, 3.8) is 0 Å². The summed E-state index contributed by atoms with van der Waals surface area (Å²) in [5, 5.41) is 15.3. The van der Waals surface area contributed by atoms with Crippen molar-refractivity contribution >= 4 is 17.9 Å². The number of unbranched alkanes of at least 4 members (excludes halogenated alkanes) is 3. The van der Waals surface area contributed by atoms with Gasteiger partial charge in [0.25, 0.3) is 0 Å². The van der Waals surface area contributed by atoms with Crippen molar-refractivity contribution in [2.45, 2.75) is 91.0 Å². The Labute approximate surface area is 209 Å². The van der Waals surface area contributed by atoms with Gasteiger partial charge in [0.1, 0.15) is 17.7 Å². The lowest BCUT2D eigenvalue weighted by Gasteiger charge is -2.35. The number of carbonyl (C=O) groups is 3. The number of aliphatic hydroxyl groups is 1. The minimum absolute atomic E-state index is 0.173. The van der Waals surface area contributed by atoms with Crippen LogP contribution in [0.5, 0.6) is 0 Å². The molecule has 0 aromatic heterocycles. The van der Waals surface area contributed by atoms with Gasteiger partial charge in [-0.25, -0.2) is 4.79 Å². The summed E-state index contributed by atoms with van der Waals surface area (Å²) >= 11 is 0. The first-order chi connectivity index (χ1) is 16.4. The zero-order chi connectivity index (χ0) is 26.6. The fourth-order valence-electron chi connectivity index (χ4n) is 3.59. The van der Waals surface area contributed by atoms with E-state index < -0.39 is 36.3 Å². The number of carbonyl (C=O) groups excluding carboxylic acids is 3. The van der Waals surface area contributed by atoms with Crippen LogP contribution in [0.1, 0.15) is 84.4 Å². The molecule has 0 aliphatic rings. The van der Waals surface area contributed by atoms with Crippen LogP contribution in [0.4, 0.5) is 4.79 Å². The number of benzene rings is 1. The predicted molar refractivity (Wildman–Crippen MR) is 136 cm³/mol. The summed E-state index contributed by atoms with van der Waals surface area (Å²) < 4.78 is 5.26. The van der Waals surface area contributed by atoms with Crippen LogP contribution < -0.4 is 10.6 Å². The van der Waals surface area contributed by atoms with E-state index in [0.29, 0.717) is 17.5 Å². The Hall–Kier alpha value is -3.05. The first-order valence-electron chi connectivity index (χ1n) is 12.2. The van der Waals surface area contributed by atoms with Gasteiger partial charge in [-0.15, -0.1) is 6.42 Å². The van der Waals surface area contributed by atoms with E-state index in [4.69, 9.17) is 11.2 Å². The first kappa shape index (κ1) is 30.0. The molecule has 8 heteroatoms. The third kappa shape index (κ3) is 9.99. The Morgan fingerprint density at radius 3 is 2.31 bits per heavy atom. The molecule has 0 aliphatic heterocycles. The van der Waals surface area contributed by atoms with Crippen molar-refractivity contribution in [3.05, 3.63) is 35.4 Å². The Bertz CT molecular complexity index is 886. The van der Waals surface area contributed by atoms with Gasteiger partial charge in [-0.1, -0.05) is 50.3 Å². The molecule has 194 valence electrons. The van der Waals surface area contributed by atoms with Crippen molar-refractivity contribution in [2.24, 2.45) is 0 Å². The van der Waals surface area contributed by atoms with E-state index in [9.17, 15) is 19.5 Å². The summed E-state index contributed by atoms with van der Waals surface area (Å²) in [6.07, 6.45) is 8.38. The van der Waals surface area contributed by atoms with Crippen molar-refractivity contribution in [2.75, 3.05) is 13.2 Å². The smallest absolute Gasteiger partial charge is 0.408 e. The van der Waals surface area contributed by atoms with Crippen molar-refractivity contribution in [1.82, 2.24) is 15.5 Å². The SMILES string of the molecule is C#Cc1ccccc1C(C(=O)NC(C)C)N(CCCCCC)C(=O)C(CO)NC(=O)OC(C)(C)C. The molecule has 0 spiro atoms. The number of nitrogens with one attached hydrogen (secondary N) is 2. The van der Waals surface area contributed by atoms with E-state index in [1.807, 2.05) is 13.8 Å². The molecule has 2 unspecified atom stereocenters. The maximum atomic E-state index is 13.7. The van der Waals surface area contributed by atoms with E-state index in [-0.39, 0.29) is 18.5 Å². The number of alkyl carbamates (subject to hydrolysis) is 1. The highest BCUT2D eigenvalue weighted by Crippen LogP contribution is 2.26. The summed E-state index contributed by atoms with van der Waals surface area (Å²) in [5.41, 5.74) is 0.215. The summed E-state index contributed by atoms with van der Waals surface area (Å²) in [6.45, 7) is 10.4. The molecule has 0 heterocycles. The van der Waals surface area contributed by atoms with Crippen LogP contribution in [0.25, 0.3) is 0 Å². The number of amides is 3. The Morgan fingerprint density at radius 2 is 1.77 bits per heavy atom. The number of rotatable bonds is 12. The molecule has 8 nitrogen and oxygen atoms in total. The van der Waals surface area contributed by atoms with E-state index in [0.717, 1.165) is 19.3 Å². The topological polar surface area (TPSA) is 108 Å². The molecule has 0 saturated carbocycles. The number of terminal acetylenes is 1. The molecule has 3 N–H and O–H groups in total. The van der Waals surface area contributed by atoms with Gasteiger partial charge in [0.2, 0.25) is 11.8 Å². The van der Waals surface area contributed by atoms with Crippen LogP contribution in [0.2, 0.25) is 0 Å². The predicted octanol–water partition coefficient (Wildman–Crippen LogP) is 3.53. The van der Waals surface area contributed by atoms with E-state index in [1.54, 1.807) is 45.0 Å². The molecule has 0 aliphatic carbocycles. The first-order valence-corrected chi connectivity index (χ1v) is 12.2. The number of aliphatic hydroxyl groups excluding tert-OH is 1. The summed E-state index contributed by atoms with van der Waals surface area (Å²) in [6, 6.07) is 4.47. The Balaban J connectivity index is 3.45. The highest BCUT2D eigenvalue weighted by atomic mass is 16.6. The normalized spacial score (nSPS) is 12.9. The lowest BCUT2D eigenvalue weighted by atomic mass is 9.97. The maximum Gasteiger partial charge on any atom is 0.408 e. The number of hydrogen-bond acceptors (Lipinski definition) is 5. The molecule has 0 radical (unpaired) electrons. The minimum Gasteiger partial charge on any atom is -0.444 e. The molecule has 1 aromatic rings. The van der Waals surface area contributed by atoms with Gasteiger partial charge in [0, 0.05) is 18.2 Å². The van der Waals surface area contributed by atoms with Crippen LogP contribution in [0.3, 0.4) is 0 Å². The van der Waals surface area contributed by atoms with Gasteiger partial charge in [-0.2, -0.15) is 0 Å². The molecule has 0 saturated heterocycles. The highest BCUT2D eigenvalue weighted by molar-refractivity contribution is 5.92. The highest BCUT2D eigenvalue weighted by Gasteiger charge is 2.36. The van der Waals surface area contributed by atoms with Gasteiger partial charge < -0.3 is 25.4 Å². The van der Waals surface area contributed by atoms with Crippen LogP contribution in [-0.4, -0.2) is 58.8 Å². The fourth-order valence-corrected chi connectivity index (χ4v) is 3.59. The van der Waals surface area contributed by atoms with Gasteiger partial charge >= 0.3 is 6.09 Å². The zero-order valence-electron chi connectivity index (χ0n) is 21.9. The lowest BCUT2D eigenvalue weighted by Crippen LogP contribution is -2.55. The van der Waals surface area contributed by atoms with Crippen molar-refractivity contribution in [3.8, 4) is 12.3 Å². The Morgan fingerprint density at radius 1 is 1.11 bits per heavy atom. The number of ether oxygens (including phenoxy) is 1. The van der Waals surface area contributed by atoms with E-state index >= 15 is 0 Å². The van der Waals surface area contributed by atoms with Crippen LogP contribution in [0.15, 0.2) is 24.3 Å². The van der Waals surface area contributed by atoms with Gasteiger partial charge in [-0.05, 0) is 52.7 Å². The molecule has 0 fully saturated rings. The second-order valence-corrected chi connectivity index (χ2v) is 9.77. The fraction of sp³-hybridized carbons (Fsp3) is 0.593. The largest absolute Gasteiger partial charge is 0.444 e. The molecule has 35 heavy (non-hydrogen) atoms. The van der Waals surface area contributed by atoms with Crippen LogP contribution >= 0.6 is 0 Å². The van der Waals surface area contributed by atoms with Crippen LogP contribution in [-0.2, 0) is 14.3 Å². The number of hydrogen-bond donors (Lipinski definition) is 3. The molecule has 0 bridgehead atoms. The average Bonchev–Trinajstić information content (AvgIpc) is 2.77. The standard InChI is InChI=1S/C27H41N3O5/c1-8-10-11-14-17-30(25(33)22(18-31)29-26(34)35-27(5,6)7)23(24(32)28-19(3)4)21-16-13-12-15-20(21)9-2/h2,12-13,15-16,19,22-23,31H,8,10-11,14,17-18H2,1,3-7H3,(H,28,32)(H,29,34). The van der Waals surface area contributed by atoms with Gasteiger partial charge in [-0.3, -0.25) is 9.59 Å². The molecular weight excluding hydrogens is 446 g/mol. The van der Waals surface area contributed by atoms with Crippen LogP contribution in [0, 0.1) is 12.3 Å². The molecular formula is C27H41N3O5. The second-order valence-electron chi connectivity index (χ2n) is 9.77.